The zero-order valence-electron chi connectivity index (χ0n) is 17.9. The van der Waals surface area contributed by atoms with Crippen molar-refractivity contribution in [2.45, 2.75) is 39.3 Å². The van der Waals surface area contributed by atoms with Crippen molar-refractivity contribution in [1.29, 1.82) is 0 Å². The van der Waals surface area contributed by atoms with Crippen molar-refractivity contribution in [1.82, 2.24) is 5.43 Å². The number of benzene rings is 1. The van der Waals surface area contributed by atoms with Crippen LogP contribution >= 0.6 is 11.3 Å². The third-order valence-corrected chi connectivity index (χ3v) is 6.23. The minimum Gasteiger partial charge on any atom is -0.462 e. The van der Waals surface area contributed by atoms with Crippen LogP contribution in [-0.4, -0.2) is 30.6 Å². The van der Waals surface area contributed by atoms with Gasteiger partial charge in [-0.2, -0.15) is 18.3 Å². The normalized spacial score (nSPS) is 15.7. The Bertz CT molecular complexity index is 1100. The minimum atomic E-state index is -4.59. The van der Waals surface area contributed by atoms with Gasteiger partial charge >= 0.3 is 24.0 Å². The van der Waals surface area contributed by atoms with E-state index in [1.165, 1.54) is 29.5 Å². The first kappa shape index (κ1) is 24.4. The summed E-state index contributed by atoms with van der Waals surface area (Å²) in [5, 5.41) is 6.09. The van der Waals surface area contributed by atoms with E-state index in [1.807, 2.05) is 5.43 Å². The number of nitrogens with one attached hydrogen (secondary N) is 2. The van der Waals surface area contributed by atoms with E-state index < -0.39 is 29.5 Å². The predicted octanol–water partition coefficient (Wildman–Crippen LogP) is 4.16. The summed E-state index contributed by atoms with van der Waals surface area (Å²) in [5.74, 6) is -2.45. The summed E-state index contributed by atoms with van der Waals surface area (Å²) < 4.78 is 44.2. The SMILES string of the molecule is CCOC(=O)c1c(NC(=O)C(=O)N/N=C/c2ccccc2C(F)(F)F)sc2c1CCC(C)C2. The number of alkyl halides is 3. The van der Waals surface area contributed by atoms with E-state index in [2.05, 4.69) is 17.3 Å². The van der Waals surface area contributed by atoms with Crippen molar-refractivity contribution in [2.24, 2.45) is 11.0 Å². The van der Waals surface area contributed by atoms with Gasteiger partial charge in [0.05, 0.1) is 23.9 Å². The first-order chi connectivity index (χ1) is 15.6. The van der Waals surface area contributed by atoms with Gasteiger partial charge in [-0.05, 0) is 43.7 Å². The van der Waals surface area contributed by atoms with Crippen molar-refractivity contribution < 1.29 is 32.3 Å². The Kier molecular flexibility index (Phi) is 7.52. The maximum absolute atomic E-state index is 13.0. The van der Waals surface area contributed by atoms with Crippen molar-refractivity contribution >= 4 is 40.3 Å². The minimum absolute atomic E-state index is 0.155. The van der Waals surface area contributed by atoms with Gasteiger partial charge in [0.1, 0.15) is 5.00 Å². The lowest BCUT2D eigenvalue weighted by molar-refractivity contribution is -0.137. The maximum atomic E-state index is 13.0. The number of hydrogen-bond acceptors (Lipinski definition) is 6. The number of hydrazone groups is 1. The average Bonchev–Trinajstić information content (AvgIpc) is 3.10. The van der Waals surface area contributed by atoms with Crippen LogP contribution in [0.15, 0.2) is 29.4 Å². The van der Waals surface area contributed by atoms with Gasteiger partial charge in [-0.25, -0.2) is 10.2 Å². The Balaban J connectivity index is 1.74. The molecular weight excluding hydrogens is 459 g/mol. The number of ether oxygens (including phenoxy) is 1. The molecule has 1 aliphatic carbocycles. The number of anilines is 1. The number of nitrogens with zero attached hydrogens (tertiary/aromatic N) is 1. The van der Waals surface area contributed by atoms with Crippen LogP contribution in [0, 0.1) is 5.92 Å². The molecule has 7 nitrogen and oxygen atoms in total. The number of esters is 1. The van der Waals surface area contributed by atoms with Crippen LogP contribution in [0.1, 0.15) is 52.2 Å². The summed E-state index contributed by atoms with van der Waals surface area (Å²) in [6.45, 7) is 3.91. The van der Waals surface area contributed by atoms with Gasteiger partial charge in [0.2, 0.25) is 0 Å². The van der Waals surface area contributed by atoms with Crippen LogP contribution < -0.4 is 10.7 Å². The summed E-state index contributed by atoms with van der Waals surface area (Å²) in [7, 11) is 0. The average molecular weight is 481 g/mol. The van der Waals surface area contributed by atoms with Crippen LogP contribution in [0.2, 0.25) is 0 Å². The molecule has 1 aliphatic rings. The highest BCUT2D eigenvalue weighted by atomic mass is 32.1. The van der Waals surface area contributed by atoms with Crippen molar-refractivity contribution in [3.05, 3.63) is 51.4 Å². The monoisotopic (exact) mass is 481 g/mol. The van der Waals surface area contributed by atoms with Gasteiger partial charge in [-0.3, -0.25) is 9.59 Å². The zero-order chi connectivity index (χ0) is 24.2. The van der Waals surface area contributed by atoms with Gasteiger partial charge in [0, 0.05) is 10.4 Å². The van der Waals surface area contributed by atoms with Gasteiger partial charge < -0.3 is 10.1 Å². The number of fused-ring (bicyclic) bond motifs is 1. The molecule has 0 saturated heterocycles. The summed E-state index contributed by atoms with van der Waals surface area (Å²) in [5.41, 5.74) is 1.77. The highest BCUT2D eigenvalue weighted by Crippen LogP contribution is 2.40. The van der Waals surface area contributed by atoms with E-state index in [0.717, 1.165) is 35.6 Å². The number of halogens is 3. The van der Waals surface area contributed by atoms with Gasteiger partial charge in [-0.1, -0.05) is 25.1 Å². The lowest BCUT2D eigenvalue weighted by atomic mass is 9.88. The molecule has 1 aromatic heterocycles. The molecular formula is C22H22F3N3O4S. The fourth-order valence-corrected chi connectivity index (χ4v) is 4.89. The van der Waals surface area contributed by atoms with Crippen LogP contribution in [0.25, 0.3) is 0 Å². The number of amides is 2. The Labute approximate surface area is 192 Å². The highest BCUT2D eigenvalue weighted by molar-refractivity contribution is 7.17. The summed E-state index contributed by atoms with van der Waals surface area (Å²) in [4.78, 5) is 38.0. The second kappa shape index (κ2) is 10.2. The van der Waals surface area contributed by atoms with Gasteiger partial charge in [-0.15, -0.1) is 11.3 Å². The molecule has 1 atom stereocenters. The molecule has 0 radical (unpaired) electrons. The molecule has 0 aliphatic heterocycles. The molecule has 2 N–H and O–H groups in total. The molecule has 2 amide bonds. The Hall–Kier alpha value is -3.21. The number of carbonyl (C=O) groups is 3. The summed E-state index contributed by atoms with van der Waals surface area (Å²) in [6, 6.07) is 4.68. The molecule has 2 aromatic rings. The standard InChI is InChI=1S/C22H22F3N3O4S/c1-3-32-21(31)17-14-9-8-12(2)10-16(14)33-20(17)27-18(29)19(30)28-26-11-13-6-4-5-7-15(13)22(23,24)25/h4-7,11-12H,3,8-10H2,1-2H3,(H,27,29)(H,28,30)/b26-11+. The topological polar surface area (TPSA) is 96.9 Å². The van der Waals surface area contributed by atoms with E-state index in [1.54, 1.807) is 6.92 Å². The van der Waals surface area contributed by atoms with Crippen molar-refractivity contribution in [2.75, 3.05) is 11.9 Å². The number of thiophene rings is 1. The number of hydrogen-bond donors (Lipinski definition) is 2. The molecule has 1 heterocycles. The van der Waals surface area contributed by atoms with Crippen LogP contribution in [0.3, 0.4) is 0 Å². The second-order valence-electron chi connectivity index (χ2n) is 7.51. The third-order valence-electron chi connectivity index (χ3n) is 5.06. The van der Waals surface area contributed by atoms with E-state index in [-0.39, 0.29) is 22.7 Å². The zero-order valence-corrected chi connectivity index (χ0v) is 18.7. The van der Waals surface area contributed by atoms with Crippen molar-refractivity contribution in [3.63, 3.8) is 0 Å². The maximum Gasteiger partial charge on any atom is 0.417 e. The van der Waals surface area contributed by atoms with Gasteiger partial charge in [0.25, 0.3) is 0 Å². The van der Waals surface area contributed by atoms with E-state index in [0.29, 0.717) is 12.3 Å². The molecule has 0 bridgehead atoms. The molecule has 0 spiro atoms. The molecule has 0 saturated carbocycles. The second-order valence-corrected chi connectivity index (χ2v) is 8.62. The van der Waals surface area contributed by atoms with E-state index >= 15 is 0 Å². The van der Waals surface area contributed by atoms with Crippen LogP contribution in [0.4, 0.5) is 18.2 Å². The lowest BCUT2D eigenvalue weighted by Gasteiger charge is -2.18. The number of rotatable bonds is 5. The molecule has 33 heavy (non-hydrogen) atoms. The Morgan fingerprint density at radius 3 is 2.67 bits per heavy atom. The highest BCUT2D eigenvalue weighted by Gasteiger charge is 2.33. The largest absolute Gasteiger partial charge is 0.462 e. The summed E-state index contributed by atoms with van der Waals surface area (Å²) in [6.07, 6.45) is -1.49. The summed E-state index contributed by atoms with van der Waals surface area (Å²) >= 11 is 1.21. The van der Waals surface area contributed by atoms with E-state index in [9.17, 15) is 27.6 Å². The molecule has 1 unspecified atom stereocenters. The Morgan fingerprint density at radius 2 is 1.97 bits per heavy atom. The fourth-order valence-electron chi connectivity index (χ4n) is 3.50. The van der Waals surface area contributed by atoms with E-state index in [4.69, 9.17) is 4.74 Å². The Morgan fingerprint density at radius 1 is 1.24 bits per heavy atom. The fraction of sp³-hybridized carbons (Fsp3) is 0.364. The first-order valence-electron chi connectivity index (χ1n) is 10.2. The smallest absolute Gasteiger partial charge is 0.417 e. The van der Waals surface area contributed by atoms with Crippen molar-refractivity contribution in [3.8, 4) is 0 Å². The van der Waals surface area contributed by atoms with Gasteiger partial charge in [0.15, 0.2) is 0 Å². The molecule has 0 fully saturated rings. The quantitative estimate of drug-likeness (QED) is 0.290. The van der Waals surface area contributed by atoms with Crippen LogP contribution in [-0.2, 0) is 33.3 Å². The number of carbonyl (C=O) groups excluding carboxylic acids is 3. The predicted molar refractivity (Wildman–Crippen MR) is 117 cm³/mol. The van der Waals surface area contributed by atoms with Crippen LogP contribution in [0.5, 0.6) is 0 Å². The lowest BCUT2D eigenvalue weighted by Crippen LogP contribution is -2.32. The first-order valence-corrected chi connectivity index (χ1v) is 11.1. The molecule has 1 aromatic carbocycles. The third kappa shape index (κ3) is 5.78. The molecule has 176 valence electrons. The molecule has 11 heteroatoms. The molecule has 3 rings (SSSR count).